The Bertz CT molecular complexity index is 430. The summed E-state index contributed by atoms with van der Waals surface area (Å²) in [6.45, 7) is 0.338. The zero-order valence-corrected chi connectivity index (χ0v) is 12.5. The van der Waals surface area contributed by atoms with Gasteiger partial charge in [0.15, 0.2) is 0 Å². The number of hydrogen-bond acceptors (Lipinski definition) is 3. The Morgan fingerprint density at radius 1 is 1.24 bits per heavy atom. The van der Waals surface area contributed by atoms with Gasteiger partial charge >= 0.3 is 0 Å². The first-order valence-corrected chi connectivity index (χ1v) is 7.92. The van der Waals surface area contributed by atoms with Gasteiger partial charge in [0.1, 0.15) is 0 Å². The van der Waals surface area contributed by atoms with Crippen LogP contribution in [-0.2, 0) is 4.79 Å². The van der Waals surface area contributed by atoms with E-state index >= 15 is 0 Å². The molecule has 1 aliphatic carbocycles. The summed E-state index contributed by atoms with van der Waals surface area (Å²) in [5.41, 5.74) is 6.98. The molecule has 2 unspecified atom stereocenters. The minimum Gasteiger partial charge on any atom is -0.391 e. The summed E-state index contributed by atoms with van der Waals surface area (Å²) in [6, 6.07) is 9.32. The van der Waals surface area contributed by atoms with Crippen LogP contribution in [0.2, 0.25) is 0 Å². The molecule has 0 radical (unpaired) electrons. The van der Waals surface area contributed by atoms with Crippen LogP contribution in [0.25, 0.3) is 0 Å². The fraction of sp³-hybridized carbons (Fsp3) is 0.588. The molecule has 0 spiro atoms. The Labute approximate surface area is 126 Å². The number of carbonyl (C=O) groups is 1. The molecule has 116 valence electrons. The molecular formula is C17H26N2O2. The standard InChI is InChI=1S/C17H26N2O2/c18-15(13-7-3-1-4-8-13)11-17(21)19-12-16(20)14-9-5-2-6-10-14/h1,3-4,7-8,14-16,20H,2,5-6,9-12,18H2,(H,19,21). The SMILES string of the molecule is NC(CC(=O)NCC(O)C1CCCCC1)c1ccccc1. The number of nitrogens with two attached hydrogens (primary N) is 1. The zero-order chi connectivity index (χ0) is 15.1. The average Bonchev–Trinajstić information content (AvgIpc) is 2.54. The molecule has 0 aliphatic heterocycles. The molecule has 0 aromatic heterocycles. The number of nitrogens with one attached hydrogen (secondary N) is 1. The van der Waals surface area contributed by atoms with Crippen LogP contribution < -0.4 is 11.1 Å². The third-order valence-corrected chi connectivity index (χ3v) is 4.34. The van der Waals surface area contributed by atoms with Gasteiger partial charge in [0, 0.05) is 19.0 Å². The van der Waals surface area contributed by atoms with Crippen molar-refractivity contribution in [2.45, 2.75) is 50.7 Å². The van der Waals surface area contributed by atoms with E-state index in [9.17, 15) is 9.90 Å². The van der Waals surface area contributed by atoms with E-state index in [1.54, 1.807) is 0 Å². The topological polar surface area (TPSA) is 75.4 Å². The van der Waals surface area contributed by atoms with Gasteiger partial charge in [-0.2, -0.15) is 0 Å². The van der Waals surface area contributed by atoms with Crippen molar-refractivity contribution < 1.29 is 9.90 Å². The van der Waals surface area contributed by atoms with Gasteiger partial charge in [-0.25, -0.2) is 0 Å². The molecule has 2 atom stereocenters. The summed E-state index contributed by atoms with van der Waals surface area (Å²) in [6.07, 6.45) is 5.61. The molecule has 0 bridgehead atoms. The van der Waals surface area contributed by atoms with Crippen molar-refractivity contribution in [2.75, 3.05) is 6.54 Å². The first-order valence-electron chi connectivity index (χ1n) is 7.92. The summed E-state index contributed by atoms with van der Waals surface area (Å²) < 4.78 is 0. The second-order valence-electron chi connectivity index (χ2n) is 5.99. The molecule has 0 saturated heterocycles. The van der Waals surface area contributed by atoms with Crippen molar-refractivity contribution in [1.29, 1.82) is 0 Å². The van der Waals surface area contributed by atoms with Gasteiger partial charge in [0.2, 0.25) is 5.91 Å². The molecule has 1 aliphatic rings. The van der Waals surface area contributed by atoms with Crippen LogP contribution in [0.5, 0.6) is 0 Å². The summed E-state index contributed by atoms with van der Waals surface area (Å²) >= 11 is 0. The Hall–Kier alpha value is -1.39. The predicted octanol–water partition coefficient (Wildman–Crippen LogP) is 2.13. The fourth-order valence-corrected chi connectivity index (χ4v) is 2.99. The maximum Gasteiger partial charge on any atom is 0.221 e. The first-order chi connectivity index (χ1) is 10.2. The minimum absolute atomic E-state index is 0.0961. The lowest BCUT2D eigenvalue weighted by molar-refractivity contribution is -0.122. The van der Waals surface area contributed by atoms with Crippen molar-refractivity contribution in [2.24, 2.45) is 11.7 Å². The summed E-state index contributed by atoms with van der Waals surface area (Å²) in [7, 11) is 0. The number of carbonyl (C=O) groups excluding carboxylic acids is 1. The molecule has 4 heteroatoms. The van der Waals surface area contributed by atoms with E-state index in [1.807, 2.05) is 30.3 Å². The Morgan fingerprint density at radius 3 is 2.57 bits per heavy atom. The molecule has 4 N–H and O–H groups in total. The van der Waals surface area contributed by atoms with Crippen molar-refractivity contribution in [3.8, 4) is 0 Å². The molecular weight excluding hydrogens is 264 g/mol. The largest absolute Gasteiger partial charge is 0.391 e. The third kappa shape index (κ3) is 5.14. The minimum atomic E-state index is -0.429. The number of rotatable bonds is 6. The van der Waals surface area contributed by atoms with Crippen molar-refractivity contribution in [3.63, 3.8) is 0 Å². The maximum atomic E-state index is 11.9. The molecule has 2 rings (SSSR count). The van der Waals surface area contributed by atoms with Crippen LogP contribution in [0, 0.1) is 5.92 Å². The van der Waals surface area contributed by atoms with E-state index in [0.29, 0.717) is 12.5 Å². The van der Waals surface area contributed by atoms with Crippen LogP contribution in [0.3, 0.4) is 0 Å². The summed E-state index contributed by atoms with van der Waals surface area (Å²) in [5.74, 6) is 0.239. The van der Waals surface area contributed by atoms with E-state index in [2.05, 4.69) is 5.32 Å². The average molecular weight is 290 g/mol. The number of hydrogen-bond donors (Lipinski definition) is 3. The zero-order valence-electron chi connectivity index (χ0n) is 12.5. The molecule has 1 aromatic carbocycles. The predicted molar refractivity (Wildman–Crippen MR) is 83.6 cm³/mol. The highest BCUT2D eigenvalue weighted by Crippen LogP contribution is 2.26. The van der Waals surface area contributed by atoms with Gasteiger partial charge in [0.25, 0.3) is 0 Å². The highest BCUT2D eigenvalue weighted by atomic mass is 16.3. The van der Waals surface area contributed by atoms with Gasteiger partial charge < -0.3 is 16.2 Å². The molecule has 1 amide bonds. The van der Waals surface area contributed by atoms with Crippen LogP contribution >= 0.6 is 0 Å². The van der Waals surface area contributed by atoms with Crippen molar-refractivity contribution >= 4 is 5.91 Å². The Balaban J connectivity index is 1.71. The van der Waals surface area contributed by atoms with Gasteiger partial charge in [-0.05, 0) is 24.3 Å². The smallest absolute Gasteiger partial charge is 0.221 e. The van der Waals surface area contributed by atoms with Gasteiger partial charge in [-0.3, -0.25) is 4.79 Å². The number of amides is 1. The molecule has 0 heterocycles. The molecule has 1 saturated carbocycles. The first kappa shape index (κ1) is 16.0. The monoisotopic (exact) mass is 290 g/mol. The van der Waals surface area contributed by atoms with Crippen LogP contribution in [-0.4, -0.2) is 23.7 Å². The molecule has 21 heavy (non-hydrogen) atoms. The second-order valence-corrected chi connectivity index (χ2v) is 5.99. The molecule has 4 nitrogen and oxygen atoms in total. The van der Waals surface area contributed by atoms with Crippen LogP contribution in [0.1, 0.15) is 50.1 Å². The van der Waals surface area contributed by atoms with E-state index in [1.165, 1.54) is 19.3 Å². The normalized spacial score (nSPS) is 19.0. The third-order valence-electron chi connectivity index (χ3n) is 4.34. The highest BCUT2D eigenvalue weighted by molar-refractivity contribution is 5.76. The van der Waals surface area contributed by atoms with Crippen molar-refractivity contribution in [1.82, 2.24) is 5.32 Å². The summed E-state index contributed by atoms with van der Waals surface area (Å²) in [4.78, 5) is 11.9. The second kappa shape index (κ2) is 8.15. The molecule has 1 fully saturated rings. The quantitative estimate of drug-likeness (QED) is 0.751. The number of aliphatic hydroxyl groups is 1. The lowest BCUT2D eigenvalue weighted by Gasteiger charge is -2.26. The Morgan fingerprint density at radius 2 is 1.90 bits per heavy atom. The maximum absolute atomic E-state index is 11.9. The van der Waals surface area contributed by atoms with E-state index in [4.69, 9.17) is 5.73 Å². The molecule has 1 aromatic rings. The lowest BCUT2D eigenvalue weighted by Crippen LogP contribution is -2.38. The van der Waals surface area contributed by atoms with Gasteiger partial charge in [-0.15, -0.1) is 0 Å². The van der Waals surface area contributed by atoms with Gasteiger partial charge in [0.05, 0.1) is 6.10 Å². The van der Waals surface area contributed by atoms with Crippen LogP contribution in [0.15, 0.2) is 30.3 Å². The number of benzene rings is 1. The van der Waals surface area contributed by atoms with Crippen molar-refractivity contribution in [3.05, 3.63) is 35.9 Å². The van der Waals surface area contributed by atoms with E-state index in [-0.39, 0.29) is 18.4 Å². The van der Waals surface area contributed by atoms with Crippen LogP contribution in [0.4, 0.5) is 0 Å². The fourth-order valence-electron chi connectivity index (χ4n) is 2.99. The van der Waals surface area contributed by atoms with E-state index < -0.39 is 6.10 Å². The lowest BCUT2D eigenvalue weighted by atomic mass is 9.85. The van der Waals surface area contributed by atoms with E-state index in [0.717, 1.165) is 18.4 Å². The van der Waals surface area contributed by atoms with Gasteiger partial charge in [-0.1, -0.05) is 49.6 Å². The number of aliphatic hydroxyl groups excluding tert-OH is 1. The highest BCUT2D eigenvalue weighted by Gasteiger charge is 2.22. The Kier molecular flexibility index (Phi) is 6.21. The summed E-state index contributed by atoms with van der Waals surface area (Å²) in [5, 5.41) is 12.9.